The van der Waals surface area contributed by atoms with Crippen LogP contribution in [0.5, 0.6) is 5.75 Å². The lowest BCUT2D eigenvalue weighted by Crippen LogP contribution is -2.36. The van der Waals surface area contributed by atoms with E-state index in [1.165, 1.54) is 12.1 Å². The van der Waals surface area contributed by atoms with Crippen molar-refractivity contribution >= 4 is 11.6 Å². The Labute approximate surface area is 185 Å². The van der Waals surface area contributed by atoms with Crippen molar-refractivity contribution < 1.29 is 27.5 Å². The average Bonchev–Trinajstić information content (AvgIpc) is 3.28. The maximum Gasteiger partial charge on any atom is 0.416 e. The van der Waals surface area contributed by atoms with Crippen LogP contribution in [0.15, 0.2) is 53.7 Å². The number of rotatable bonds is 9. The highest BCUT2D eigenvalue weighted by atomic mass is 19.4. The second kappa shape index (κ2) is 11.0. The van der Waals surface area contributed by atoms with Gasteiger partial charge in [-0.3, -0.25) is 4.79 Å². The molecule has 0 atom stereocenters. The molecular weight excluding hydrogens is 421 g/mol. The molecule has 1 aliphatic rings. The fourth-order valence-corrected chi connectivity index (χ4v) is 3.53. The first-order chi connectivity index (χ1) is 15.3. The Balaban J connectivity index is 1.49. The predicted octanol–water partition coefficient (Wildman–Crippen LogP) is 5.47. The van der Waals surface area contributed by atoms with Gasteiger partial charge in [0.2, 0.25) is 0 Å². The first-order valence-corrected chi connectivity index (χ1v) is 10.7. The second-order valence-electron chi connectivity index (χ2n) is 7.72. The molecule has 172 valence electrons. The zero-order valence-corrected chi connectivity index (χ0v) is 18.0. The lowest BCUT2D eigenvalue weighted by molar-refractivity contribution is -0.137. The van der Waals surface area contributed by atoms with Crippen LogP contribution in [0.1, 0.15) is 55.7 Å². The maximum absolute atomic E-state index is 12.6. The molecule has 32 heavy (non-hydrogen) atoms. The molecule has 1 fully saturated rings. The van der Waals surface area contributed by atoms with Crippen molar-refractivity contribution in [1.82, 2.24) is 5.32 Å². The van der Waals surface area contributed by atoms with Crippen molar-refractivity contribution in [3.05, 3.63) is 65.2 Å². The lowest BCUT2D eigenvalue weighted by atomic mass is 10.1. The number of halogens is 3. The average molecular weight is 448 g/mol. The van der Waals surface area contributed by atoms with E-state index in [1.807, 2.05) is 19.1 Å². The molecule has 0 radical (unpaired) electrons. The zero-order chi connectivity index (χ0) is 23.0. The van der Waals surface area contributed by atoms with Gasteiger partial charge >= 0.3 is 6.18 Å². The molecule has 0 saturated heterocycles. The fourth-order valence-electron chi connectivity index (χ4n) is 3.53. The molecule has 0 spiro atoms. The van der Waals surface area contributed by atoms with Gasteiger partial charge in [0.1, 0.15) is 12.4 Å². The number of ether oxygens (including phenoxy) is 1. The third kappa shape index (κ3) is 7.00. The largest absolute Gasteiger partial charge is 0.484 e. The molecule has 0 aliphatic heterocycles. The number of carbonyl (C=O) groups excluding carboxylic acids is 1. The van der Waals surface area contributed by atoms with Gasteiger partial charge in [0.15, 0.2) is 6.61 Å². The molecule has 8 heteroatoms. The summed E-state index contributed by atoms with van der Waals surface area (Å²) in [5.74, 6) is 0.463. The van der Waals surface area contributed by atoms with Gasteiger partial charge in [-0.1, -0.05) is 37.1 Å². The Hall–Kier alpha value is -3.03. The van der Waals surface area contributed by atoms with E-state index in [2.05, 4.69) is 10.5 Å². The van der Waals surface area contributed by atoms with E-state index in [4.69, 9.17) is 9.57 Å². The minimum atomic E-state index is -4.36. The van der Waals surface area contributed by atoms with Crippen LogP contribution in [0.2, 0.25) is 0 Å². The topological polar surface area (TPSA) is 59.9 Å². The van der Waals surface area contributed by atoms with Crippen molar-refractivity contribution in [2.45, 2.75) is 57.9 Å². The van der Waals surface area contributed by atoms with E-state index < -0.39 is 11.7 Å². The van der Waals surface area contributed by atoms with E-state index in [0.717, 1.165) is 43.4 Å². The van der Waals surface area contributed by atoms with Gasteiger partial charge in [-0.25, -0.2) is 0 Å². The number of hydrogen-bond acceptors (Lipinski definition) is 4. The van der Waals surface area contributed by atoms with Crippen molar-refractivity contribution in [3.8, 4) is 5.75 Å². The normalized spacial score (nSPS) is 14.9. The first kappa shape index (κ1) is 23.6. The molecule has 1 amide bonds. The van der Waals surface area contributed by atoms with Gasteiger partial charge in [0.25, 0.3) is 5.91 Å². The molecule has 5 nitrogen and oxygen atoms in total. The number of alkyl halides is 3. The van der Waals surface area contributed by atoms with Gasteiger partial charge in [0.05, 0.1) is 11.3 Å². The summed E-state index contributed by atoms with van der Waals surface area (Å²) in [4.78, 5) is 17.3. The number of amides is 1. The third-order valence-corrected chi connectivity index (χ3v) is 5.30. The summed E-state index contributed by atoms with van der Waals surface area (Å²) in [5.41, 5.74) is 1.43. The number of carbonyl (C=O) groups is 1. The van der Waals surface area contributed by atoms with E-state index in [9.17, 15) is 18.0 Å². The van der Waals surface area contributed by atoms with E-state index in [1.54, 1.807) is 12.1 Å². The predicted molar refractivity (Wildman–Crippen MR) is 115 cm³/mol. The molecule has 0 bridgehead atoms. The van der Waals surface area contributed by atoms with Crippen LogP contribution < -0.4 is 10.1 Å². The maximum atomic E-state index is 12.6. The summed E-state index contributed by atoms with van der Waals surface area (Å²) in [6.07, 6.45) is 0.617. The molecule has 1 aliphatic carbocycles. The molecule has 1 N–H and O–H groups in total. The van der Waals surface area contributed by atoms with E-state index in [-0.39, 0.29) is 25.2 Å². The highest BCUT2D eigenvalue weighted by molar-refractivity contribution is 6.00. The Bertz CT molecular complexity index is 904. The summed E-state index contributed by atoms with van der Waals surface area (Å²) in [6.45, 7) is 1.97. The van der Waals surface area contributed by atoms with Gasteiger partial charge in [-0.2, -0.15) is 13.2 Å². The Morgan fingerprint density at radius 1 is 1.06 bits per heavy atom. The molecule has 0 heterocycles. The van der Waals surface area contributed by atoms with Gasteiger partial charge in [-0.15, -0.1) is 0 Å². The van der Waals surface area contributed by atoms with Crippen LogP contribution in [-0.2, 0) is 22.4 Å². The smallest absolute Gasteiger partial charge is 0.416 e. The van der Waals surface area contributed by atoms with Crippen molar-refractivity contribution in [3.63, 3.8) is 0 Å². The first-order valence-electron chi connectivity index (χ1n) is 10.7. The van der Waals surface area contributed by atoms with E-state index in [0.29, 0.717) is 23.4 Å². The van der Waals surface area contributed by atoms with Gasteiger partial charge < -0.3 is 14.9 Å². The van der Waals surface area contributed by atoms with Crippen LogP contribution in [0.25, 0.3) is 0 Å². The molecule has 3 rings (SSSR count). The highest BCUT2D eigenvalue weighted by Crippen LogP contribution is 2.29. The third-order valence-electron chi connectivity index (χ3n) is 5.30. The second-order valence-corrected chi connectivity index (χ2v) is 7.72. The summed E-state index contributed by atoms with van der Waals surface area (Å²) in [7, 11) is 0. The Morgan fingerprint density at radius 2 is 1.72 bits per heavy atom. The quantitative estimate of drug-likeness (QED) is 0.409. The summed E-state index contributed by atoms with van der Waals surface area (Å²) in [5, 5.41) is 7.11. The fraction of sp³-hybridized carbons (Fsp3) is 0.417. The summed E-state index contributed by atoms with van der Waals surface area (Å²) < 4.78 is 43.4. The number of benzene rings is 2. The van der Waals surface area contributed by atoms with Gasteiger partial charge in [0, 0.05) is 6.04 Å². The monoisotopic (exact) mass is 448 g/mol. The molecule has 0 aromatic heterocycles. The van der Waals surface area contributed by atoms with Crippen LogP contribution in [-0.4, -0.2) is 24.3 Å². The molecule has 1 saturated carbocycles. The highest BCUT2D eigenvalue weighted by Gasteiger charge is 2.29. The van der Waals surface area contributed by atoms with E-state index >= 15 is 0 Å². The van der Waals surface area contributed by atoms with Crippen molar-refractivity contribution in [2.75, 3.05) is 6.61 Å². The van der Waals surface area contributed by atoms with Crippen LogP contribution >= 0.6 is 0 Å². The number of hydrogen-bond donors (Lipinski definition) is 1. The van der Waals surface area contributed by atoms with Crippen molar-refractivity contribution in [2.24, 2.45) is 5.16 Å². The molecule has 2 aromatic carbocycles. The SMILES string of the molecule is CCC(=NOCc1ccc(C(F)(F)F)cc1)c1ccc(OCC(=O)NC2CCCC2)cc1. The standard InChI is InChI=1S/C24H27F3N2O3/c1-2-22(29-32-15-17-7-11-19(12-8-17)24(25,26)27)18-9-13-21(14-10-18)31-16-23(30)28-20-5-3-4-6-20/h7-14,20H,2-6,15-16H2,1H3,(H,28,30). The number of oxime groups is 1. The molecular formula is C24H27F3N2O3. The summed E-state index contributed by atoms with van der Waals surface area (Å²) in [6, 6.07) is 12.2. The van der Waals surface area contributed by atoms with Crippen molar-refractivity contribution in [1.29, 1.82) is 0 Å². The van der Waals surface area contributed by atoms with Crippen LogP contribution in [0, 0.1) is 0 Å². The molecule has 2 aromatic rings. The number of nitrogens with one attached hydrogen (secondary N) is 1. The minimum Gasteiger partial charge on any atom is -0.484 e. The zero-order valence-electron chi connectivity index (χ0n) is 18.0. The van der Waals surface area contributed by atoms with Crippen LogP contribution in [0.3, 0.4) is 0 Å². The summed E-state index contributed by atoms with van der Waals surface area (Å²) >= 11 is 0. The van der Waals surface area contributed by atoms with Crippen LogP contribution in [0.4, 0.5) is 13.2 Å². The lowest BCUT2D eigenvalue weighted by Gasteiger charge is -2.12. The number of nitrogens with zero attached hydrogens (tertiary/aromatic N) is 1. The molecule has 0 unspecified atom stereocenters. The Kier molecular flexibility index (Phi) is 8.14. The minimum absolute atomic E-state index is 0.0270. The van der Waals surface area contributed by atoms with Gasteiger partial charge in [-0.05, 0) is 66.8 Å². The Morgan fingerprint density at radius 3 is 2.31 bits per heavy atom.